The molecular formula is C36H38N12Na8O30P6. The number of carbonyl (C=O) groups excluding carboxylic acids is 2. The van der Waals surface area contributed by atoms with E-state index in [-0.39, 0.29) is 282 Å². The molecule has 6 aromatic rings. The molecule has 0 saturated carbocycles. The predicted octanol–water partition coefficient (Wildman–Crippen LogP) is -29.9. The zero-order chi connectivity index (χ0) is 62.1. The second-order valence-electron chi connectivity index (χ2n) is 16.6. The third kappa shape index (κ3) is 26.3. The Kier molecular flexibility index (Phi) is 41.9. The Morgan fingerprint density at radius 2 is 0.913 bits per heavy atom. The van der Waals surface area contributed by atoms with E-state index in [1.54, 1.807) is 18.2 Å². The minimum Gasteiger partial charge on any atom is -0.790 e. The molecule has 0 spiro atoms. The molecule has 56 heteroatoms. The first-order chi connectivity index (χ1) is 39.0. The summed E-state index contributed by atoms with van der Waals surface area (Å²) < 4.78 is 114. The first-order valence-corrected chi connectivity index (χ1v) is 31.3. The van der Waals surface area contributed by atoms with Crippen LogP contribution in [0.5, 0.6) is 0 Å². The number of aromatic nitrogens is 8. The Hall–Kier alpha value is 1.94. The number of ether oxygens (including phenoxy) is 4. The van der Waals surface area contributed by atoms with Gasteiger partial charge in [0.1, 0.15) is 24.4 Å². The number of hydrogen-bond acceptors (Lipinski definition) is 38. The average molecular weight is 1490 g/mol. The molecule has 42 nitrogen and oxygen atoms in total. The molecule has 8 rings (SSSR count). The summed E-state index contributed by atoms with van der Waals surface area (Å²) >= 11 is 0. The molecule has 2 fully saturated rings. The number of phosphoric ester groups is 2. The van der Waals surface area contributed by atoms with E-state index in [2.05, 4.69) is 66.8 Å². The molecule has 0 bridgehead atoms. The number of nitrogens with two attached hydrogens (primary N) is 2. The number of nitrogens with zero attached hydrogens (tertiary/aromatic N) is 6. The van der Waals surface area contributed by atoms with Crippen LogP contribution in [-0.2, 0) is 72.6 Å². The minimum absolute atomic E-state index is 0. The molecule has 0 aliphatic carbocycles. The number of nitrogens with one attached hydrogen (secondary N) is 4. The first-order valence-electron chi connectivity index (χ1n) is 22.5. The number of phosphoric acid groups is 6. The molecular weight excluding hydrogens is 1450 g/mol. The summed E-state index contributed by atoms with van der Waals surface area (Å²) in [5, 5.41) is 27.6. The molecule has 6 heterocycles. The molecule has 0 radical (unpaired) electrons. The van der Waals surface area contributed by atoms with Crippen molar-refractivity contribution in [2.45, 2.75) is 49.1 Å². The number of para-hydroxylation sites is 2. The van der Waals surface area contributed by atoms with E-state index in [1.807, 2.05) is 0 Å². The Bertz CT molecular complexity index is 3910. The number of aliphatic hydroxyl groups is 2. The maximum absolute atomic E-state index is 13.1. The van der Waals surface area contributed by atoms with Crippen molar-refractivity contribution in [2.75, 3.05) is 49.4 Å². The number of aliphatic hydroxyl groups excluding tert-OH is 2. The van der Waals surface area contributed by atoms with E-state index in [1.165, 1.54) is 44.4 Å². The number of nitrogen functional groups attached to an aromatic ring is 2. The topological polar surface area (TPSA) is 657 Å². The number of benzene rings is 2. The summed E-state index contributed by atoms with van der Waals surface area (Å²) in [5.41, 5.74) is 9.54. The molecule has 0 amide bonds. The number of esters is 2. The standard InChI is InChI=1S/2C18H23N6O15P3.8Na/c1-20-9-5-3-2-4-8(9)17(27)37-13-10(6-35-41(31,32)39-42(33,34)38-40(28,29)30)36-16(12(13)25)24-7-21-11-14(24)22-18(19)23-15(11)26;1-20-9-5-3-2-4-8(9)17(27)37-13-12(25)10(6-35-41(31,32)39-42(33,34)38-40(28,29)30)36-16(13)24-7-21-11-14(24)22-18(19)23-15(11)26;;;;;;;;/h2*2-5,7,10,12-13,16,20,25H,6H2,1H3,(H,31,32)(H,33,34)(H2,28,29,30)(H3,19,22,23,26);;;;;;;;/q;;8*+1/p-8. The van der Waals surface area contributed by atoms with Crippen LogP contribution >= 0.6 is 46.9 Å². The van der Waals surface area contributed by atoms with E-state index < -0.39 is 132 Å². The number of H-pyrrole nitrogens is 2. The van der Waals surface area contributed by atoms with Gasteiger partial charge in [-0.2, -0.15) is 9.97 Å². The van der Waals surface area contributed by atoms with Crippen molar-refractivity contribution in [1.29, 1.82) is 0 Å². The zero-order valence-electron chi connectivity index (χ0n) is 49.7. The van der Waals surface area contributed by atoms with Crippen molar-refractivity contribution in [3.63, 3.8) is 0 Å². The van der Waals surface area contributed by atoms with Gasteiger partial charge in [-0.1, -0.05) is 24.3 Å². The fourth-order valence-corrected chi connectivity index (χ4v) is 13.5. The van der Waals surface area contributed by atoms with E-state index >= 15 is 0 Å². The molecule has 92 heavy (non-hydrogen) atoms. The number of carbonyl (C=O) groups is 2. The predicted molar refractivity (Wildman–Crippen MR) is 257 cm³/mol. The van der Waals surface area contributed by atoms with Crippen molar-refractivity contribution >= 4 is 104 Å². The molecule has 10 N–H and O–H groups in total. The van der Waals surface area contributed by atoms with Crippen molar-refractivity contribution in [1.82, 2.24) is 39.0 Å². The monoisotopic (exact) mass is 1490 g/mol. The molecule has 4 aromatic heterocycles. The summed E-state index contributed by atoms with van der Waals surface area (Å²) in [5.74, 6) is -2.66. The Morgan fingerprint density at radius 1 is 0.554 bits per heavy atom. The van der Waals surface area contributed by atoms with Gasteiger partial charge in [-0.25, -0.2) is 28.2 Å². The van der Waals surface area contributed by atoms with Crippen LogP contribution < -0.4 is 309 Å². The number of imidazole rings is 2. The van der Waals surface area contributed by atoms with Gasteiger partial charge in [0.2, 0.25) is 11.9 Å². The van der Waals surface area contributed by atoms with E-state index in [4.69, 9.17) is 30.4 Å². The fraction of sp³-hybridized carbons (Fsp3) is 0.333. The maximum Gasteiger partial charge on any atom is 1.00 e. The van der Waals surface area contributed by atoms with Gasteiger partial charge < -0.3 is 109 Å². The average Bonchev–Trinajstić information content (AvgIpc) is 1.62. The maximum atomic E-state index is 13.1. The fourth-order valence-electron chi connectivity index (χ4n) is 7.72. The van der Waals surface area contributed by atoms with Gasteiger partial charge in [0.05, 0.1) is 52.6 Å². The van der Waals surface area contributed by atoms with Crippen molar-refractivity contribution < 1.29 is 368 Å². The second-order valence-corrected chi connectivity index (χ2v) is 25.1. The van der Waals surface area contributed by atoms with Crippen LogP contribution in [-0.4, -0.2) is 125 Å². The van der Waals surface area contributed by atoms with Gasteiger partial charge in [-0.15, -0.1) is 0 Å². The van der Waals surface area contributed by atoms with Gasteiger partial charge in [-0.05, 0) is 24.3 Å². The van der Waals surface area contributed by atoms with Crippen LogP contribution in [0.25, 0.3) is 22.3 Å². The third-order valence-corrected chi connectivity index (χ3v) is 18.3. The molecule has 2 saturated heterocycles. The Morgan fingerprint density at radius 3 is 1.30 bits per heavy atom. The molecule has 2 aliphatic heterocycles. The van der Waals surface area contributed by atoms with Gasteiger partial charge in [-0.3, -0.25) is 55.6 Å². The SMILES string of the molecule is CNc1ccccc1C(=O)OC1C(COP(=O)([O-])OP(=O)([O-])OP(=O)([O-])[O-])OC(n2cnc3c(=O)[nH]c(N)nc32)C1O.CNc1ccccc1C(=O)OC1C(O)C(COP(=O)([O-])OP(=O)([O-])OP(=O)([O-])[O-])OC1n1cnc2c(=O)[nH]c(N)nc21.[Na+].[Na+].[Na+].[Na+].[Na+].[Na+].[Na+].[Na+]. The summed E-state index contributed by atoms with van der Waals surface area (Å²) in [7, 11) is -33.9. The van der Waals surface area contributed by atoms with Crippen LogP contribution in [0, 0.1) is 0 Å². The molecule has 12 atom stereocenters. The Labute approximate surface area is 692 Å². The molecule has 2 aromatic carbocycles. The van der Waals surface area contributed by atoms with Gasteiger partial charge in [0.15, 0.2) is 47.0 Å². The quantitative estimate of drug-likeness (QED) is 0.0178. The summed E-state index contributed by atoms with van der Waals surface area (Å²) in [6, 6.07) is 12.1. The van der Waals surface area contributed by atoms with Crippen molar-refractivity contribution in [3.8, 4) is 0 Å². The zero-order valence-corrected chi connectivity index (χ0v) is 71.0. The number of aromatic amines is 2. The third-order valence-electron chi connectivity index (χ3n) is 11.0. The summed E-state index contributed by atoms with van der Waals surface area (Å²) in [6.07, 6.45) is -11.6. The van der Waals surface area contributed by atoms with Gasteiger partial charge in [0, 0.05) is 25.5 Å². The second kappa shape index (κ2) is 40.1. The van der Waals surface area contributed by atoms with E-state index in [9.17, 15) is 95.9 Å². The molecule has 12 unspecified atom stereocenters. The van der Waals surface area contributed by atoms with Gasteiger partial charge >= 0.3 is 248 Å². The number of rotatable bonds is 22. The van der Waals surface area contributed by atoms with Crippen LogP contribution in [0.2, 0.25) is 0 Å². The van der Waals surface area contributed by atoms with Gasteiger partial charge in [0.25, 0.3) is 42.4 Å². The number of hydrogen-bond donors (Lipinski definition) is 8. The van der Waals surface area contributed by atoms with Crippen molar-refractivity contribution in [2.24, 2.45) is 0 Å². The number of anilines is 4. The summed E-state index contributed by atoms with van der Waals surface area (Å²) in [6.45, 7) is -2.40. The largest absolute Gasteiger partial charge is 1.00 e. The van der Waals surface area contributed by atoms with E-state index in [0.717, 1.165) is 21.8 Å². The molecule has 460 valence electrons. The number of fused-ring (bicyclic) bond motifs is 2. The summed E-state index contributed by atoms with van der Waals surface area (Å²) in [4.78, 5) is 160. The smallest absolute Gasteiger partial charge is 0.790 e. The normalized spacial score (nSPS) is 21.7. The van der Waals surface area contributed by atoms with Crippen molar-refractivity contribution in [3.05, 3.63) is 93.0 Å². The molecule has 2 aliphatic rings. The minimum atomic E-state index is -6.27. The van der Waals surface area contributed by atoms with E-state index in [0.29, 0.717) is 11.4 Å². The van der Waals surface area contributed by atoms with Crippen LogP contribution in [0.4, 0.5) is 23.3 Å². The van der Waals surface area contributed by atoms with Crippen LogP contribution in [0.1, 0.15) is 33.2 Å². The van der Waals surface area contributed by atoms with Crippen LogP contribution in [0.3, 0.4) is 0 Å². The Balaban J connectivity index is 0. The van der Waals surface area contributed by atoms with Crippen LogP contribution in [0.15, 0.2) is 70.8 Å². The first kappa shape index (κ1) is 96.0.